The van der Waals surface area contributed by atoms with Crippen molar-refractivity contribution >= 4 is 11.9 Å². The zero-order chi connectivity index (χ0) is 15.1. The van der Waals surface area contributed by atoms with Gasteiger partial charge in [0.1, 0.15) is 0 Å². The maximum Gasteiger partial charge on any atom is 0.317 e. The van der Waals surface area contributed by atoms with E-state index in [4.69, 9.17) is 5.73 Å². The molecule has 2 rings (SSSR count). The molecule has 114 valence electrons. The zero-order valence-corrected chi connectivity index (χ0v) is 12.3. The van der Waals surface area contributed by atoms with Crippen molar-refractivity contribution in [2.75, 3.05) is 19.6 Å². The molecule has 1 aromatic rings. The molecule has 3 N–H and O–H groups in total. The number of rotatable bonds is 5. The molecule has 5 heteroatoms. The molecule has 21 heavy (non-hydrogen) atoms. The number of likely N-dealkylation sites (tertiary alicyclic amines) is 1. The summed E-state index contributed by atoms with van der Waals surface area (Å²) in [6.07, 6.45) is 2.98. The molecule has 0 saturated carbocycles. The van der Waals surface area contributed by atoms with Crippen molar-refractivity contribution in [2.24, 2.45) is 11.7 Å². The first kappa shape index (κ1) is 15.4. The average molecular weight is 289 g/mol. The van der Waals surface area contributed by atoms with Gasteiger partial charge in [0.2, 0.25) is 5.91 Å². The van der Waals surface area contributed by atoms with Gasteiger partial charge in [0, 0.05) is 26.1 Å². The summed E-state index contributed by atoms with van der Waals surface area (Å²) >= 11 is 0. The Labute approximate surface area is 125 Å². The minimum Gasteiger partial charge on any atom is -0.370 e. The second-order valence-corrected chi connectivity index (χ2v) is 5.57. The number of carbonyl (C=O) groups is 2. The maximum absolute atomic E-state index is 12.0. The van der Waals surface area contributed by atoms with Crippen molar-refractivity contribution in [1.82, 2.24) is 10.2 Å². The third-order valence-electron chi connectivity index (χ3n) is 3.92. The van der Waals surface area contributed by atoms with Crippen LogP contribution in [0.1, 0.15) is 24.8 Å². The van der Waals surface area contributed by atoms with Gasteiger partial charge in [0.25, 0.3) is 0 Å². The van der Waals surface area contributed by atoms with Crippen LogP contribution in [0.4, 0.5) is 4.79 Å². The van der Waals surface area contributed by atoms with Crippen molar-refractivity contribution in [2.45, 2.75) is 25.7 Å². The Bertz CT molecular complexity index is 468. The minimum absolute atomic E-state index is 0.0107. The number of piperidine rings is 1. The summed E-state index contributed by atoms with van der Waals surface area (Å²) in [4.78, 5) is 24.8. The number of nitrogens with zero attached hydrogens (tertiary/aromatic N) is 1. The SMILES string of the molecule is NC(=O)CC1CCN(C(=O)NCCc2ccccc2)CC1. The Morgan fingerprint density at radius 1 is 1.19 bits per heavy atom. The summed E-state index contributed by atoms with van der Waals surface area (Å²) in [7, 11) is 0. The molecular weight excluding hydrogens is 266 g/mol. The fourth-order valence-corrected chi connectivity index (χ4v) is 2.69. The van der Waals surface area contributed by atoms with Gasteiger partial charge in [-0.3, -0.25) is 4.79 Å². The van der Waals surface area contributed by atoms with Gasteiger partial charge in [0.15, 0.2) is 0 Å². The highest BCUT2D eigenvalue weighted by Gasteiger charge is 2.23. The molecule has 1 aliphatic rings. The van der Waals surface area contributed by atoms with Gasteiger partial charge in [-0.2, -0.15) is 0 Å². The molecule has 1 saturated heterocycles. The Morgan fingerprint density at radius 3 is 2.48 bits per heavy atom. The van der Waals surface area contributed by atoms with Crippen LogP contribution in [0.2, 0.25) is 0 Å². The van der Waals surface area contributed by atoms with Crippen molar-refractivity contribution in [3.8, 4) is 0 Å². The van der Waals surface area contributed by atoms with E-state index in [0.717, 1.165) is 19.3 Å². The predicted molar refractivity (Wildman–Crippen MR) is 81.7 cm³/mol. The first-order valence-electron chi connectivity index (χ1n) is 7.50. The molecular formula is C16H23N3O2. The molecule has 0 aromatic heterocycles. The fourth-order valence-electron chi connectivity index (χ4n) is 2.69. The molecule has 1 aliphatic heterocycles. The fraction of sp³-hybridized carbons (Fsp3) is 0.500. The number of nitrogens with one attached hydrogen (secondary N) is 1. The molecule has 0 radical (unpaired) electrons. The highest BCUT2D eigenvalue weighted by molar-refractivity contribution is 5.75. The van der Waals surface area contributed by atoms with E-state index in [9.17, 15) is 9.59 Å². The normalized spacial score (nSPS) is 15.7. The number of amides is 3. The first-order valence-corrected chi connectivity index (χ1v) is 7.50. The summed E-state index contributed by atoms with van der Waals surface area (Å²) in [6.45, 7) is 2.05. The van der Waals surface area contributed by atoms with Crippen LogP contribution >= 0.6 is 0 Å². The van der Waals surface area contributed by atoms with E-state index in [1.807, 2.05) is 23.1 Å². The van der Waals surface area contributed by atoms with Crippen LogP contribution in [-0.4, -0.2) is 36.5 Å². The number of urea groups is 1. The highest BCUT2D eigenvalue weighted by Crippen LogP contribution is 2.19. The molecule has 3 amide bonds. The van der Waals surface area contributed by atoms with Gasteiger partial charge in [-0.15, -0.1) is 0 Å². The smallest absolute Gasteiger partial charge is 0.317 e. The van der Waals surface area contributed by atoms with Crippen LogP contribution in [-0.2, 0) is 11.2 Å². The lowest BCUT2D eigenvalue weighted by Gasteiger charge is -2.31. The quantitative estimate of drug-likeness (QED) is 0.862. The number of primary amides is 1. The van der Waals surface area contributed by atoms with E-state index in [2.05, 4.69) is 17.4 Å². The Balaban J connectivity index is 1.67. The summed E-state index contributed by atoms with van der Waals surface area (Å²) in [5.41, 5.74) is 6.43. The molecule has 1 heterocycles. The Morgan fingerprint density at radius 2 is 1.86 bits per heavy atom. The molecule has 0 spiro atoms. The van der Waals surface area contributed by atoms with Crippen molar-refractivity contribution < 1.29 is 9.59 Å². The number of nitrogens with two attached hydrogens (primary N) is 1. The lowest BCUT2D eigenvalue weighted by atomic mass is 9.93. The van der Waals surface area contributed by atoms with Crippen molar-refractivity contribution in [1.29, 1.82) is 0 Å². The van der Waals surface area contributed by atoms with E-state index >= 15 is 0 Å². The van der Waals surface area contributed by atoms with E-state index in [1.165, 1.54) is 5.56 Å². The summed E-state index contributed by atoms with van der Waals surface area (Å²) in [5, 5.41) is 2.95. The summed E-state index contributed by atoms with van der Waals surface area (Å²) in [5.74, 6) is 0.0802. The highest BCUT2D eigenvalue weighted by atomic mass is 16.2. The second-order valence-electron chi connectivity index (χ2n) is 5.57. The third-order valence-corrected chi connectivity index (χ3v) is 3.92. The van der Waals surface area contributed by atoms with Gasteiger partial charge in [-0.1, -0.05) is 30.3 Å². The van der Waals surface area contributed by atoms with Crippen LogP contribution in [0.25, 0.3) is 0 Å². The standard InChI is InChI=1S/C16H23N3O2/c17-15(20)12-14-7-10-19(11-8-14)16(21)18-9-6-13-4-2-1-3-5-13/h1-5,14H,6-12H2,(H2,17,20)(H,18,21). The topological polar surface area (TPSA) is 75.4 Å². The third kappa shape index (κ3) is 5.10. The molecule has 0 atom stereocenters. The number of benzene rings is 1. The molecule has 5 nitrogen and oxygen atoms in total. The van der Waals surface area contributed by atoms with E-state index in [1.54, 1.807) is 0 Å². The first-order chi connectivity index (χ1) is 10.1. The van der Waals surface area contributed by atoms with Crippen LogP contribution in [0.15, 0.2) is 30.3 Å². The van der Waals surface area contributed by atoms with E-state index in [0.29, 0.717) is 32.0 Å². The second kappa shape index (κ2) is 7.67. The Kier molecular flexibility index (Phi) is 5.60. The number of hydrogen-bond acceptors (Lipinski definition) is 2. The molecule has 1 fully saturated rings. The monoisotopic (exact) mass is 289 g/mol. The van der Waals surface area contributed by atoms with Crippen LogP contribution in [0, 0.1) is 5.92 Å². The van der Waals surface area contributed by atoms with Gasteiger partial charge in [0.05, 0.1) is 0 Å². The molecule has 0 aliphatic carbocycles. The molecule has 0 unspecified atom stereocenters. The van der Waals surface area contributed by atoms with Crippen LogP contribution in [0.5, 0.6) is 0 Å². The van der Waals surface area contributed by atoms with E-state index in [-0.39, 0.29) is 11.9 Å². The zero-order valence-electron chi connectivity index (χ0n) is 12.3. The van der Waals surface area contributed by atoms with Crippen LogP contribution < -0.4 is 11.1 Å². The minimum atomic E-state index is -0.249. The summed E-state index contributed by atoms with van der Waals surface area (Å²) in [6, 6.07) is 10.1. The van der Waals surface area contributed by atoms with E-state index < -0.39 is 0 Å². The number of hydrogen-bond donors (Lipinski definition) is 2. The van der Waals surface area contributed by atoms with Gasteiger partial charge >= 0.3 is 6.03 Å². The lowest BCUT2D eigenvalue weighted by molar-refractivity contribution is -0.119. The maximum atomic E-state index is 12.0. The van der Waals surface area contributed by atoms with Gasteiger partial charge in [-0.25, -0.2) is 4.79 Å². The van der Waals surface area contributed by atoms with Gasteiger partial charge < -0.3 is 16.0 Å². The molecule has 1 aromatic carbocycles. The van der Waals surface area contributed by atoms with Crippen LogP contribution in [0.3, 0.4) is 0 Å². The molecule has 0 bridgehead atoms. The average Bonchev–Trinajstić information content (AvgIpc) is 2.48. The lowest BCUT2D eigenvalue weighted by Crippen LogP contribution is -2.45. The van der Waals surface area contributed by atoms with Gasteiger partial charge in [-0.05, 0) is 30.7 Å². The Hall–Kier alpha value is -2.04. The van der Waals surface area contributed by atoms with Crippen molar-refractivity contribution in [3.63, 3.8) is 0 Å². The van der Waals surface area contributed by atoms with Crippen molar-refractivity contribution in [3.05, 3.63) is 35.9 Å². The number of carbonyl (C=O) groups excluding carboxylic acids is 2. The predicted octanol–water partition coefficient (Wildman–Crippen LogP) is 1.53. The summed E-state index contributed by atoms with van der Waals surface area (Å²) < 4.78 is 0. The largest absolute Gasteiger partial charge is 0.370 e.